The summed E-state index contributed by atoms with van der Waals surface area (Å²) in [5, 5.41) is 3.41. The molecule has 6 heteroatoms. The first-order valence-electron chi connectivity index (χ1n) is 6.44. The molecule has 3 N–H and O–H groups in total. The maximum absolute atomic E-state index is 10.9. The van der Waals surface area contributed by atoms with Gasteiger partial charge in [0.1, 0.15) is 5.75 Å². The van der Waals surface area contributed by atoms with Crippen LogP contribution in [0.15, 0.2) is 18.2 Å². The van der Waals surface area contributed by atoms with Crippen LogP contribution in [0.25, 0.3) is 0 Å². The van der Waals surface area contributed by atoms with Gasteiger partial charge >= 0.3 is 7.60 Å². The Hall–Kier alpha value is -0.870. The number of nitrogens with one attached hydrogen (secondary N) is 1. The van der Waals surface area contributed by atoms with Crippen molar-refractivity contribution in [1.82, 2.24) is 5.32 Å². The van der Waals surface area contributed by atoms with Gasteiger partial charge in [0.2, 0.25) is 0 Å². The van der Waals surface area contributed by atoms with Gasteiger partial charge in [-0.25, -0.2) is 0 Å². The normalized spacial score (nSPS) is 19.0. The first-order valence-corrected chi connectivity index (χ1v) is 8.24. The molecule has 1 aromatic rings. The number of benzene rings is 1. The van der Waals surface area contributed by atoms with Crippen molar-refractivity contribution >= 4 is 7.60 Å². The van der Waals surface area contributed by atoms with Crippen molar-refractivity contribution in [2.24, 2.45) is 0 Å². The molecule has 1 atom stereocenters. The molecule has 0 fully saturated rings. The van der Waals surface area contributed by atoms with E-state index < -0.39 is 7.60 Å². The molecular formula is C13H20NO4P. The maximum Gasteiger partial charge on any atom is 0.325 e. The molecule has 0 amide bonds. The van der Waals surface area contributed by atoms with Gasteiger partial charge in [0.25, 0.3) is 0 Å². The molecule has 1 aromatic carbocycles. The molecule has 0 saturated heterocycles. The van der Waals surface area contributed by atoms with Crippen LogP contribution in [0.4, 0.5) is 0 Å². The number of hydrogen-bond donors (Lipinski definition) is 3. The zero-order valence-electron chi connectivity index (χ0n) is 11.0. The summed E-state index contributed by atoms with van der Waals surface area (Å²) in [7, 11) is -2.23. The van der Waals surface area contributed by atoms with Crippen molar-refractivity contribution in [3.63, 3.8) is 0 Å². The third kappa shape index (κ3) is 4.05. The van der Waals surface area contributed by atoms with Gasteiger partial charge in [-0.2, -0.15) is 0 Å². The standard InChI is InChI=1S/C13H20NO4P/c1-18-11-4-5-12-10(9-11)6-7-14-13(12)3-2-8-19(15,16)17/h4-5,9,13-14H,2-3,6-8H2,1H3,(H2,15,16,17). The Morgan fingerprint density at radius 1 is 1.47 bits per heavy atom. The molecule has 0 bridgehead atoms. The van der Waals surface area contributed by atoms with Gasteiger partial charge in [0.15, 0.2) is 0 Å². The summed E-state index contributed by atoms with van der Waals surface area (Å²) >= 11 is 0. The Balaban J connectivity index is 2.03. The smallest absolute Gasteiger partial charge is 0.325 e. The molecule has 0 spiro atoms. The van der Waals surface area contributed by atoms with Gasteiger partial charge in [-0.3, -0.25) is 4.57 Å². The zero-order chi connectivity index (χ0) is 13.9. The highest BCUT2D eigenvalue weighted by molar-refractivity contribution is 7.51. The van der Waals surface area contributed by atoms with Crippen LogP contribution in [0.1, 0.15) is 30.0 Å². The number of hydrogen-bond acceptors (Lipinski definition) is 3. The zero-order valence-corrected chi connectivity index (χ0v) is 11.9. The topological polar surface area (TPSA) is 78.8 Å². The summed E-state index contributed by atoms with van der Waals surface area (Å²) in [6.07, 6.45) is 2.18. The molecule has 0 aliphatic carbocycles. The second-order valence-corrected chi connectivity index (χ2v) is 6.63. The predicted octanol–water partition coefficient (Wildman–Crippen LogP) is 1.84. The lowest BCUT2D eigenvalue weighted by atomic mass is 9.91. The van der Waals surface area contributed by atoms with Gasteiger partial charge in [0.05, 0.1) is 7.11 Å². The number of ether oxygens (including phenoxy) is 1. The average Bonchev–Trinajstić information content (AvgIpc) is 2.37. The van der Waals surface area contributed by atoms with E-state index in [1.165, 1.54) is 11.1 Å². The van der Waals surface area contributed by atoms with E-state index in [0.29, 0.717) is 6.42 Å². The Morgan fingerprint density at radius 2 is 2.26 bits per heavy atom. The lowest BCUT2D eigenvalue weighted by molar-refractivity contribution is 0.368. The average molecular weight is 285 g/mol. The molecule has 19 heavy (non-hydrogen) atoms. The molecule has 1 unspecified atom stereocenters. The lowest BCUT2D eigenvalue weighted by Crippen LogP contribution is -2.29. The predicted molar refractivity (Wildman–Crippen MR) is 73.6 cm³/mol. The van der Waals surface area contributed by atoms with E-state index in [9.17, 15) is 4.57 Å². The summed E-state index contributed by atoms with van der Waals surface area (Å²) < 4.78 is 16.1. The second kappa shape index (κ2) is 6.06. The van der Waals surface area contributed by atoms with Gasteiger partial charge in [-0.15, -0.1) is 0 Å². The fourth-order valence-corrected chi connectivity index (χ4v) is 3.11. The second-order valence-electron chi connectivity index (χ2n) is 4.85. The van der Waals surface area contributed by atoms with Crippen LogP contribution in [-0.2, 0) is 11.0 Å². The molecule has 106 valence electrons. The summed E-state index contributed by atoms with van der Waals surface area (Å²) in [6, 6.07) is 6.21. The lowest BCUT2D eigenvalue weighted by Gasteiger charge is -2.27. The molecule has 2 rings (SSSR count). The number of methoxy groups -OCH3 is 1. The van der Waals surface area contributed by atoms with Crippen LogP contribution in [0.5, 0.6) is 5.75 Å². The summed E-state index contributed by atoms with van der Waals surface area (Å²) in [5.74, 6) is 0.856. The quantitative estimate of drug-likeness (QED) is 0.719. The van der Waals surface area contributed by atoms with Crippen molar-refractivity contribution < 1.29 is 19.1 Å². The largest absolute Gasteiger partial charge is 0.497 e. The highest BCUT2D eigenvalue weighted by Gasteiger charge is 2.21. The SMILES string of the molecule is COc1ccc2c(c1)CCNC2CCCP(=O)(O)O. The minimum Gasteiger partial charge on any atom is -0.497 e. The van der Waals surface area contributed by atoms with Crippen molar-refractivity contribution in [1.29, 1.82) is 0 Å². The molecule has 0 aromatic heterocycles. The summed E-state index contributed by atoms with van der Waals surface area (Å²) in [4.78, 5) is 17.8. The minimum atomic E-state index is -3.88. The molecule has 5 nitrogen and oxygen atoms in total. The fourth-order valence-electron chi connectivity index (χ4n) is 2.52. The van der Waals surface area contributed by atoms with Crippen LogP contribution >= 0.6 is 7.60 Å². The molecular weight excluding hydrogens is 265 g/mol. The molecule has 1 heterocycles. The van der Waals surface area contributed by atoms with Crippen molar-refractivity contribution in [3.8, 4) is 5.75 Å². The Bertz CT molecular complexity index is 486. The maximum atomic E-state index is 10.9. The van der Waals surface area contributed by atoms with Crippen LogP contribution in [-0.4, -0.2) is 29.6 Å². The van der Waals surface area contributed by atoms with Crippen LogP contribution in [0, 0.1) is 0 Å². The van der Waals surface area contributed by atoms with Gasteiger partial charge in [-0.1, -0.05) is 6.07 Å². The first-order chi connectivity index (χ1) is 8.99. The van der Waals surface area contributed by atoms with E-state index in [2.05, 4.69) is 5.32 Å². The highest BCUT2D eigenvalue weighted by Crippen LogP contribution is 2.37. The van der Waals surface area contributed by atoms with Gasteiger partial charge < -0.3 is 19.8 Å². The van der Waals surface area contributed by atoms with Crippen LogP contribution in [0.3, 0.4) is 0 Å². The monoisotopic (exact) mass is 285 g/mol. The van der Waals surface area contributed by atoms with E-state index in [1.54, 1.807) is 7.11 Å². The van der Waals surface area contributed by atoms with E-state index in [4.69, 9.17) is 14.5 Å². The van der Waals surface area contributed by atoms with E-state index >= 15 is 0 Å². The highest BCUT2D eigenvalue weighted by atomic mass is 31.2. The number of rotatable bonds is 5. The van der Waals surface area contributed by atoms with Crippen molar-refractivity contribution in [2.45, 2.75) is 25.3 Å². The van der Waals surface area contributed by atoms with Crippen molar-refractivity contribution in [2.75, 3.05) is 19.8 Å². The molecule has 0 radical (unpaired) electrons. The van der Waals surface area contributed by atoms with E-state index in [0.717, 1.165) is 25.1 Å². The van der Waals surface area contributed by atoms with Gasteiger partial charge in [-0.05, 0) is 49.1 Å². The van der Waals surface area contributed by atoms with Gasteiger partial charge in [0, 0.05) is 12.2 Å². The summed E-state index contributed by atoms with van der Waals surface area (Å²) in [6.45, 7) is 0.890. The Morgan fingerprint density at radius 3 is 2.95 bits per heavy atom. The Labute approximate surface area is 113 Å². The first kappa shape index (κ1) is 14.5. The molecule has 1 aliphatic heterocycles. The van der Waals surface area contributed by atoms with Crippen LogP contribution < -0.4 is 10.1 Å². The number of fused-ring (bicyclic) bond motifs is 1. The van der Waals surface area contributed by atoms with Crippen molar-refractivity contribution in [3.05, 3.63) is 29.3 Å². The summed E-state index contributed by atoms with van der Waals surface area (Å²) in [5.41, 5.74) is 2.48. The van der Waals surface area contributed by atoms with Crippen LogP contribution in [0.2, 0.25) is 0 Å². The molecule has 0 saturated carbocycles. The van der Waals surface area contributed by atoms with E-state index in [-0.39, 0.29) is 12.2 Å². The van der Waals surface area contributed by atoms with E-state index in [1.807, 2.05) is 18.2 Å². The third-order valence-electron chi connectivity index (χ3n) is 3.45. The molecule has 1 aliphatic rings. The fraction of sp³-hybridized carbons (Fsp3) is 0.538. The third-order valence-corrected chi connectivity index (χ3v) is 4.35. The Kier molecular flexibility index (Phi) is 4.63. The minimum absolute atomic E-state index is 0.0450.